The zero-order valence-corrected chi connectivity index (χ0v) is 10.5. The Balaban J connectivity index is 2.86. The highest BCUT2D eigenvalue weighted by Gasteiger charge is 2.13. The molecule has 0 spiro atoms. The fourth-order valence-corrected chi connectivity index (χ4v) is 1.28. The maximum Gasteiger partial charge on any atom is 0.242 e. The zero-order chi connectivity index (χ0) is 12.8. The molecular weight excluding hydrogens is 220 g/mol. The number of nitrogens with zero attached hydrogens (tertiary/aromatic N) is 2. The molecule has 6 heteroatoms. The molecule has 0 fully saturated rings. The third kappa shape index (κ3) is 3.74. The van der Waals surface area contributed by atoms with Gasteiger partial charge in [0.05, 0.1) is 18.8 Å². The number of ether oxygens (including phenoxy) is 1. The largest absolute Gasteiger partial charge is 0.473 e. The average molecular weight is 240 g/mol. The first-order valence-corrected chi connectivity index (χ1v) is 5.73. The molecule has 0 aliphatic rings. The van der Waals surface area contributed by atoms with Crippen molar-refractivity contribution in [3.63, 3.8) is 0 Å². The second-order valence-electron chi connectivity index (χ2n) is 4.04. The third-order valence-corrected chi connectivity index (χ3v) is 2.25. The fraction of sp³-hybridized carbons (Fsp3) is 0.636. The summed E-state index contributed by atoms with van der Waals surface area (Å²) in [6, 6.07) is -0.0703. The molecule has 0 amide bonds. The Morgan fingerprint density at radius 2 is 2.18 bits per heavy atom. The van der Waals surface area contributed by atoms with Crippen LogP contribution in [0, 0.1) is 0 Å². The van der Waals surface area contributed by atoms with E-state index in [-0.39, 0.29) is 18.8 Å². The topological polar surface area (TPSA) is 93.3 Å². The average Bonchev–Trinajstić information content (AvgIpc) is 2.30. The lowest BCUT2D eigenvalue weighted by Crippen LogP contribution is -2.24. The van der Waals surface area contributed by atoms with Crippen molar-refractivity contribution in [2.24, 2.45) is 0 Å². The normalized spacial score (nSPS) is 12.5. The van der Waals surface area contributed by atoms with E-state index < -0.39 is 0 Å². The first-order valence-electron chi connectivity index (χ1n) is 5.73. The van der Waals surface area contributed by atoms with E-state index in [0.29, 0.717) is 17.4 Å². The molecular formula is C11H20N4O2. The molecule has 1 atom stereocenters. The van der Waals surface area contributed by atoms with Gasteiger partial charge in [-0.1, -0.05) is 6.92 Å². The number of hydrogen-bond acceptors (Lipinski definition) is 6. The molecule has 0 aliphatic carbocycles. The highest BCUT2D eigenvalue weighted by atomic mass is 16.5. The van der Waals surface area contributed by atoms with Gasteiger partial charge >= 0.3 is 0 Å². The van der Waals surface area contributed by atoms with Crippen LogP contribution in [0.2, 0.25) is 0 Å². The van der Waals surface area contributed by atoms with Crippen molar-refractivity contribution in [3.05, 3.63) is 6.33 Å². The van der Waals surface area contributed by atoms with Gasteiger partial charge in [0.2, 0.25) is 5.88 Å². The maximum atomic E-state index is 9.11. The van der Waals surface area contributed by atoms with Gasteiger partial charge in [-0.2, -0.15) is 4.98 Å². The Kier molecular flexibility index (Phi) is 4.96. The second-order valence-corrected chi connectivity index (χ2v) is 4.04. The van der Waals surface area contributed by atoms with Gasteiger partial charge in [0.1, 0.15) is 12.0 Å². The van der Waals surface area contributed by atoms with Gasteiger partial charge in [-0.15, -0.1) is 0 Å². The summed E-state index contributed by atoms with van der Waals surface area (Å²) in [4.78, 5) is 8.02. The molecule has 0 radical (unpaired) electrons. The highest BCUT2D eigenvalue weighted by Crippen LogP contribution is 2.26. The lowest BCUT2D eigenvalue weighted by atomic mass is 10.2. The lowest BCUT2D eigenvalue weighted by molar-refractivity contribution is 0.234. The van der Waals surface area contributed by atoms with E-state index >= 15 is 0 Å². The lowest BCUT2D eigenvalue weighted by Gasteiger charge is -2.17. The molecule has 1 aromatic rings. The molecule has 0 saturated carbocycles. The van der Waals surface area contributed by atoms with Gasteiger partial charge in [0, 0.05) is 0 Å². The minimum absolute atomic E-state index is 0.000126. The molecule has 0 saturated heterocycles. The number of rotatable bonds is 6. The Morgan fingerprint density at radius 1 is 1.47 bits per heavy atom. The van der Waals surface area contributed by atoms with Gasteiger partial charge in [0.15, 0.2) is 5.82 Å². The maximum absolute atomic E-state index is 9.11. The summed E-state index contributed by atoms with van der Waals surface area (Å²) in [5.41, 5.74) is 6.26. The molecule has 4 N–H and O–H groups in total. The Labute approximate surface area is 101 Å². The van der Waals surface area contributed by atoms with Crippen LogP contribution < -0.4 is 15.8 Å². The summed E-state index contributed by atoms with van der Waals surface area (Å²) in [5.74, 6) is 0.863. The van der Waals surface area contributed by atoms with Crippen LogP contribution in [0.1, 0.15) is 27.2 Å². The van der Waals surface area contributed by atoms with Crippen LogP contribution in [0.15, 0.2) is 6.33 Å². The SMILES string of the molecule is CCC(CO)Nc1ncnc(OC(C)C)c1N. The molecule has 1 aromatic heterocycles. The quantitative estimate of drug-likeness (QED) is 0.687. The first-order chi connectivity index (χ1) is 8.08. The van der Waals surface area contributed by atoms with E-state index in [0.717, 1.165) is 6.42 Å². The first kappa shape index (κ1) is 13.5. The van der Waals surface area contributed by atoms with Crippen LogP contribution in [0.3, 0.4) is 0 Å². The predicted octanol–water partition coefficient (Wildman–Crippen LogP) is 1.03. The van der Waals surface area contributed by atoms with Crippen molar-refractivity contribution in [2.45, 2.75) is 39.3 Å². The highest BCUT2D eigenvalue weighted by molar-refractivity contribution is 5.66. The Morgan fingerprint density at radius 3 is 2.71 bits per heavy atom. The zero-order valence-electron chi connectivity index (χ0n) is 10.5. The smallest absolute Gasteiger partial charge is 0.242 e. The standard InChI is InChI=1S/C11H20N4O2/c1-4-8(5-16)15-10-9(12)11(14-6-13-10)17-7(2)3/h6-8,16H,4-5,12H2,1-3H3,(H,13,14,15). The Bertz CT molecular complexity index is 353. The van der Waals surface area contributed by atoms with E-state index in [1.807, 2.05) is 20.8 Å². The molecule has 0 aromatic carbocycles. The van der Waals surface area contributed by atoms with Crippen molar-refractivity contribution < 1.29 is 9.84 Å². The van der Waals surface area contributed by atoms with Crippen LogP contribution in [0.25, 0.3) is 0 Å². The van der Waals surface area contributed by atoms with Crippen LogP contribution in [0.4, 0.5) is 11.5 Å². The van der Waals surface area contributed by atoms with Gasteiger partial charge in [-0.25, -0.2) is 4.98 Å². The third-order valence-electron chi connectivity index (χ3n) is 2.25. The monoisotopic (exact) mass is 240 g/mol. The van der Waals surface area contributed by atoms with E-state index in [1.54, 1.807) is 0 Å². The summed E-state index contributed by atoms with van der Waals surface area (Å²) < 4.78 is 5.46. The van der Waals surface area contributed by atoms with E-state index in [1.165, 1.54) is 6.33 Å². The van der Waals surface area contributed by atoms with Crippen molar-refractivity contribution in [1.82, 2.24) is 9.97 Å². The van der Waals surface area contributed by atoms with Gasteiger partial charge < -0.3 is 20.9 Å². The number of aliphatic hydroxyl groups is 1. The summed E-state index contributed by atoms with van der Waals surface area (Å²) in [5, 5.41) is 12.2. The number of nitrogen functional groups attached to an aromatic ring is 1. The molecule has 1 unspecified atom stereocenters. The van der Waals surface area contributed by atoms with Crippen molar-refractivity contribution >= 4 is 11.5 Å². The molecule has 96 valence electrons. The van der Waals surface area contributed by atoms with Crippen molar-refractivity contribution in [3.8, 4) is 5.88 Å². The van der Waals surface area contributed by atoms with E-state index in [2.05, 4.69) is 15.3 Å². The number of aliphatic hydroxyl groups excluding tert-OH is 1. The van der Waals surface area contributed by atoms with Crippen LogP contribution in [-0.4, -0.2) is 33.8 Å². The molecule has 6 nitrogen and oxygen atoms in total. The van der Waals surface area contributed by atoms with Gasteiger partial charge in [-0.3, -0.25) is 0 Å². The van der Waals surface area contributed by atoms with Crippen LogP contribution >= 0.6 is 0 Å². The van der Waals surface area contributed by atoms with E-state index in [9.17, 15) is 0 Å². The predicted molar refractivity (Wildman–Crippen MR) is 67.0 cm³/mol. The molecule has 0 aliphatic heterocycles. The van der Waals surface area contributed by atoms with Gasteiger partial charge in [-0.05, 0) is 20.3 Å². The number of nitrogens with one attached hydrogen (secondary N) is 1. The summed E-state index contributed by atoms with van der Waals surface area (Å²) in [6.45, 7) is 5.80. The van der Waals surface area contributed by atoms with E-state index in [4.69, 9.17) is 15.6 Å². The van der Waals surface area contributed by atoms with Crippen molar-refractivity contribution in [2.75, 3.05) is 17.7 Å². The number of anilines is 2. The summed E-state index contributed by atoms with van der Waals surface area (Å²) in [6.07, 6.45) is 2.17. The summed E-state index contributed by atoms with van der Waals surface area (Å²) in [7, 11) is 0. The molecule has 0 bridgehead atoms. The molecule has 17 heavy (non-hydrogen) atoms. The summed E-state index contributed by atoms with van der Waals surface area (Å²) >= 11 is 0. The fourth-order valence-electron chi connectivity index (χ4n) is 1.28. The molecule has 1 rings (SSSR count). The van der Waals surface area contributed by atoms with Crippen LogP contribution in [-0.2, 0) is 0 Å². The molecule has 1 heterocycles. The number of nitrogens with two attached hydrogens (primary N) is 1. The number of hydrogen-bond donors (Lipinski definition) is 3. The minimum Gasteiger partial charge on any atom is -0.473 e. The van der Waals surface area contributed by atoms with Crippen molar-refractivity contribution in [1.29, 1.82) is 0 Å². The minimum atomic E-state index is -0.0703. The van der Waals surface area contributed by atoms with Crippen LogP contribution in [0.5, 0.6) is 5.88 Å². The van der Waals surface area contributed by atoms with Gasteiger partial charge in [0.25, 0.3) is 0 Å². The Hall–Kier alpha value is -1.56. The second kappa shape index (κ2) is 6.24. The number of aromatic nitrogens is 2.